The highest BCUT2D eigenvalue weighted by Crippen LogP contribution is 2.21. The Morgan fingerprint density at radius 3 is 2.28 bits per heavy atom. The molecule has 4 nitrogen and oxygen atoms in total. The lowest BCUT2D eigenvalue weighted by molar-refractivity contribution is 0.0872. The van der Waals surface area contributed by atoms with Gasteiger partial charge in [0.05, 0.1) is 0 Å². The highest BCUT2D eigenvalue weighted by Gasteiger charge is 2.16. The molecule has 2 N–H and O–H groups in total. The average Bonchev–Trinajstić information content (AvgIpc) is 2.34. The first-order valence-corrected chi connectivity index (χ1v) is 6.70. The molecule has 1 heterocycles. The van der Waals surface area contributed by atoms with Crippen molar-refractivity contribution >= 4 is 0 Å². The van der Waals surface area contributed by atoms with Gasteiger partial charge in [-0.25, -0.2) is 9.97 Å². The summed E-state index contributed by atoms with van der Waals surface area (Å²) < 4.78 is 5.46. The predicted octanol–water partition coefficient (Wildman–Crippen LogP) is 2.47. The van der Waals surface area contributed by atoms with Crippen molar-refractivity contribution in [3.8, 4) is 0 Å². The Bertz CT molecular complexity index is 356. The lowest BCUT2D eigenvalue weighted by Gasteiger charge is -2.16. The van der Waals surface area contributed by atoms with Gasteiger partial charge in [-0.2, -0.15) is 0 Å². The minimum Gasteiger partial charge on any atom is -0.373 e. The Balaban J connectivity index is 2.97. The van der Waals surface area contributed by atoms with E-state index in [-0.39, 0.29) is 6.10 Å². The molecule has 4 heteroatoms. The number of ether oxygens (including phenoxy) is 1. The van der Waals surface area contributed by atoms with Gasteiger partial charge in [0.25, 0.3) is 0 Å². The third-order valence-electron chi connectivity index (χ3n) is 3.19. The maximum absolute atomic E-state index is 5.55. The van der Waals surface area contributed by atoms with Crippen LogP contribution in [0, 0.1) is 13.8 Å². The van der Waals surface area contributed by atoms with Gasteiger partial charge in [0.15, 0.2) is 5.82 Å². The monoisotopic (exact) mass is 251 g/mol. The van der Waals surface area contributed by atoms with Crippen LogP contribution in [0.4, 0.5) is 0 Å². The molecule has 0 spiro atoms. The smallest absolute Gasteiger partial charge is 0.157 e. The van der Waals surface area contributed by atoms with Gasteiger partial charge < -0.3 is 10.5 Å². The molecular weight excluding hydrogens is 226 g/mol. The molecule has 102 valence electrons. The lowest BCUT2D eigenvalue weighted by Crippen LogP contribution is -2.12. The van der Waals surface area contributed by atoms with Crippen LogP contribution in [-0.2, 0) is 11.2 Å². The van der Waals surface area contributed by atoms with Crippen LogP contribution in [0.15, 0.2) is 0 Å². The van der Waals surface area contributed by atoms with Gasteiger partial charge in [0.2, 0.25) is 0 Å². The Morgan fingerprint density at radius 2 is 1.83 bits per heavy atom. The van der Waals surface area contributed by atoms with Crippen LogP contribution in [0.25, 0.3) is 0 Å². The van der Waals surface area contributed by atoms with Crippen molar-refractivity contribution in [1.29, 1.82) is 0 Å². The Kier molecular flexibility index (Phi) is 6.22. The maximum atomic E-state index is 5.55. The van der Waals surface area contributed by atoms with Gasteiger partial charge in [0, 0.05) is 18.5 Å². The molecular formula is C14H25N3O. The molecule has 0 radical (unpaired) electrons. The summed E-state index contributed by atoms with van der Waals surface area (Å²) in [4.78, 5) is 9.20. The first kappa shape index (κ1) is 15.1. The molecule has 0 aliphatic heterocycles. The summed E-state index contributed by atoms with van der Waals surface area (Å²) in [6, 6.07) is 0. The van der Waals surface area contributed by atoms with Crippen molar-refractivity contribution in [1.82, 2.24) is 9.97 Å². The van der Waals surface area contributed by atoms with Crippen molar-refractivity contribution < 1.29 is 4.74 Å². The van der Waals surface area contributed by atoms with Crippen molar-refractivity contribution in [3.63, 3.8) is 0 Å². The molecule has 0 saturated heterocycles. The summed E-state index contributed by atoms with van der Waals surface area (Å²) in [7, 11) is 1.72. The summed E-state index contributed by atoms with van der Waals surface area (Å²) in [5, 5.41) is 0. The Morgan fingerprint density at radius 1 is 1.22 bits per heavy atom. The zero-order valence-electron chi connectivity index (χ0n) is 12.0. The first-order chi connectivity index (χ1) is 8.63. The van der Waals surface area contributed by atoms with Crippen molar-refractivity contribution in [2.24, 2.45) is 5.73 Å². The first-order valence-electron chi connectivity index (χ1n) is 6.70. The molecule has 1 atom stereocenters. The third kappa shape index (κ3) is 3.75. The molecule has 0 aliphatic rings. The average molecular weight is 251 g/mol. The fourth-order valence-corrected chi connectivity index (χ4v) is 2.16. The van der Waals surface area contributed by atoms with E-state index in [1.807, 2.05) is 13.8 Å². The zero-order valence-corrected chi connectivity index (χ0v) is 12.0. The second-order valence-corrected chi connectivity index (χ2v) is 4.64. The van der Waals surface area contributed by atoms with Crippen LogP contribution in [0.1, 0.15) is 55.1 Å². The van der Waals surface area contributed by atoms with Gasteiger partial charge in [-0.3, -0.25) is 0 Å². The van der Waals surface area contributed by atoms with Crippen molar-refractivity contribution in [2.45, 2.75) is 52.6 Å². The fraction of sp³-hybridized carbons (Fsp3) is 0.714. The van der Waals surface area contributed by atoms with Gasteiger partial charge in [-0.05, 0) is 45.2 Å². The minimum absolute atomic E-state index is 0.0101. The van der Waals surface area contributed by atoms with E-state index in [4.69, 9.17) is 10.5 Å². The Hall–Kier alpha value is -1.00. The summed E-state index contributed by atoms with van der Waals surface area (Å²) in [6.07, 6.45) is 3.97. The number of nitrogens with zero attached hydrogens (tertiary/aromatic N) is 2. The van der Waals surface area contributed by atoms with E-state index in [9.17, 15) is 0 Å². The standard InChI is InChI=1S/C14H25N3O/c1-5-7-13(18-4)14-16-10(2)12(8-6-9-15)11(3)17-14/h13H,5-9,15H2,1-4H3. The van der Waals surface area contributed by atoms with Crippen LogP contribution in [0.3, 0.4) is 0 Å². The molecule has 1 aromatic heterocycles. The van der Waals surface area contributed by atoms with Crippen LogP contribution in [0.2, 0.25) is 0 Å². The van der Waals surface area contributed by atoms with Crippen molar-refractivity contribution in [2.75, 3.05) is 13.7 Å². The lowest BCUT2D eigenvalue weighted by atomic mass is 10.1. The molecule has 0 saturated carbocycles. The fourth-order valence-electron chi connectivity index (χ4n) is 2.16. The van der Waals surface area contributed by atoms with Gasteiger partial charge >= 0.3 is 0 Å². The van der Waals surface area contributed by atoms with E-state index in [0.717, 1.165) is 42.9 Å². The van der Waals surface area contributed by atoms with E-state index in [1.165, 1.54) is 5.56 Å². The number of nitrogens with two attached hydrogens (primary N) is 1. The summed E-state index contributed by atoms with van der Waals surface area (Å²) >= 11 is 0. The van der Waals surface area contributed by atoms with Crippen molar-refractivity contribution in [3.05, 3.63) is 22.8 Å². The summed E-state index contributed by atoms with van der Waals surface area (Å²) in [6.45, 7) is 6.93. The number of rotatable bonds is 7. The molecule has 0 bridgehead atoms. The van der Waals surface area contributed by atoms with E-state index >= 15 is 0 Å². The minimum atomic E-state index is 0.0101. The van der Waals surface area contributed by atoms with Crippen LogP contribution in [0.5, 0.6) is 0 Å². The van der Waals surface area contributed by atoms with Gasteiger partial charge in [-0.1, -0.05) is 13.3 Å². The molecule has 0 fully saturated rings. The van der Waals surface area contributed by atoms with Crippen LogP contribution in [-0.4, -0.2) is 23.6 Å². The van der Waals surface area contributed by atoms with E-state index in [1.54, 1.807) is 7.11 Å². The SMILES string of the molecule is CCCC(OC)c1nc(C)c(CCCN)c(C)n1. The van der Waals surface area contributed by atoms with Gasteiger partial charge in [0.1, 0.15) is 6.10 Å². The largest absolute Gasteiger partial charge is 0.373 e. The van der Waals surface area contributed by atoms with E-state index in [2.05, 4.69) is 16.9 Å². The maximum Gasteiger partial charge on any atom is 0.157 e. The quantitative estimate of drug-likeness (QED) is 0.808. The topological polar surface area (TPSA) is 61.0 Å². The second-order valence-electron chi connectivity index (χ2n) is 4.64. The highest BCUT2D eigenvalue weighted by atomic mass is 16.5. The summed E-state index contributed by atoms with van der Waals surface area (Å²) in [5.41, 5.74) is 8.91. The normalized spacial score (nSPS) is 12.7. The van der Waals surface area contributed by atoms with E-state index < -0.39 is 0 Å². The molecule has 0 aliphatic carbocycles. The van der Waals surface area contributed by atoms with Crippen LogP contribution < -0.4 is 5.73 Å². The second kappa shape index (κ2) is 7.44. The Labute approximate surface area is 110 Å². The predicted molar refractivity (Wildman–Crippen MR) is 73.5 cm³/mol. The molecule has 1 unspecified atom stereocenters. The van der Waals surface area contributed by atoms with Crippen LogP contribution >= 0.6 is 0 Å². The van der Waals surface area contributed by atoms with E-state index in [0.29, 0.717) is 6.54 Å². The zero-order chi connectivity index (χ0) is 13.5. The number of aryl methyl sites for hydroxylation is 2. The molecule has 18 heavy (non-hydrogen) atoms. The molecule has 1 rings (SSSR count). The number of hydrogen-bond acceptors (Lipinski definition) is 4. The summed E-state index contributed by atoms with van der Waals surface area (Å²) in [5.74, 6) is 0.811. The highest BCUT2D eigenvalue weighted by molar-refractivity contribution is 5.25. The molecule has 0 aromatic carbocycles. The number of aromatic nitrogens is 2. The third-order valence-corrected chi connectivity index (χ3v) is 3.19. The van der Waals surface area contributed by atoms with Gasteiger partial charge in [-0.15, -0.1) is 0 Å². The molecule has 1 aromatic rings. The number of hydrogen-bond donors (Lipinski definition) is 1. The number of methoxy groups -OCH3 is 1. The molecule has 0 amide bonds.